The van der Waals surface area contributed by atoms with Crippen molar-refractivity contribution in [2.75, 3.05) is 13.7 Å². The van der Waals surface area contributed by atoms with Gasteiger partial charge in [0.05, 0.1) is 18.7 Å². The van der Waals surface area contributed by atoms with Gasteiger partial charge in [-0.1, -0.05) is 11.6 Å². The van der Waals surface area contributed by atoms with E-state index in [1.165, 1.54) is 13.2 Å². The smallest absolute Gasteiger partial charge is 0.331 e. The zero-order chi connectivity index (χ0) is 21.4. The van der Waals surface area contributed by atoms with Crippen molar-refractivity contribution in [1.29, 1.82) is 0 Å². The first kappa shape index (κ1) is 23.8. The number of rotatable bonds is 9. The third-order valence-corrected chi connectivity index (χ3v) is 4.24. The fraction of sp³-hybridized carbons (Fsp3) is 0.524. The normalized spacial score (nSPS) is 12.4. The summed E-state index contributed by atoms with van der Waals surface area (Å²) in [5.41, 5.74) is 0.649. The second kappa shape index (κ2) is 11.0. The number of methoxy groups -OCH3 is 1. The number of benzene rings is 1. The summed E-state index contributed by atoms with van der Waals surface area (Å²) in [6.07, 6.45) is 1.93. The van der Waals surface area contributed by atoms with Gasteiger partial charge in [0.2, 0.25) is 0 Å². The molecule has 0 aromatic heterocycles. The Bertz CT molecular complexity index is 707. The quantitative estimate of drug-likeness (QED) is 0.446. The van der Waals surface area contributed by atoms with E-state index in [9.17, 15) is 9.59 Å². The van der Waals surface area contributed by atoms with Crippen molar-refractivity contribution in [3.05, 3.63) is 28.8 Å². The minimum Gasteiger partial charge on any atom is -0.491 e. The third-order valence-electron chi connectivity index (χ3n) is 3.96. The summed E-state index contributed by atoms with van der Waals surface area (Å²) >= 11 is 6.20. The molecule has 0 saturated heterocycles. The van der Waals surface area contributed by atoms with Gasteiger partial charge in [-0.2, -0.15) is 0 Å². The summed E-state index contributed by atoms with van der Waals surface area (Å²) in [5.74, 6) is 0.0829. The molecule has 1 aromatic carbocycles. The van der Waals surface area contributed by atoms with Crippen LogP contribution in [0.4, 0.5) is 0 Å². The first-order valence-electron chi connectivity index (χ1n) is 9.33. The van der Waals surface area contributed by atoms with Gasteiger partial charge in [-0.25, -0.2) is 4.79 Å². The van der Waals surface area contributed by atoms with Crippen molar-refractivity contribution >= 4 is 29.6 Å². The van der Waals surface area contributed by atoms with E-state index in [0.29, 0.717) is 28.7 Å². The lowest BCUT2D eigenvalue weighted by Gasteiger charge is -2.32. The lowest BCUT2D eigenvalue weighted by atomic mass is 10.2. The molecule has 0 aliphatic heterocycles. The van der Waals surface area contributed by atoms with Crippen LogP contribution in [-0.4, -0.2) is 48.7 Å². The summed E-state index contributed by atoms with van der Waals surface area (Å²) in [4.78, 5) is 26.4. The summed E-state index contributed by atoms with van der Waals surface area (Å²) in [6.45, 7) is 11.6. The first-order valence-corrected chi connectivity index (χ1v) is 9.71. The van der Waals surface area contributed by atoms with E-state index < -0.39 is 12.1 Å². The molecule has 6 nitrogen and oxygen atoms in total. The van der Waals surface area contributed by atoms with Crippen LogP contribution in [0.3, 0.4) is 0 Å². The molecule has 1 rings (SSSR count). The van der Waals surface area contributed by atoms with Gasteiger partial charge in [-0.15, -0.1) is 0 Å². The number of hydrogen-bond acceptors (Lipinski definition) is 5. The molecule has 1 unspecified atom stereocenters. The molecule has 0 aliphatic carbocycles. The molecule has 1 amide bonds. The predicted molar refractivity (Wildman–Crippen MR) is 111 cm³/mol. The molecule has 1 atom stereocenters. The van der Waals surface area contributed by atoms with Crippen molar-refractivity contribution in [1.82, 2.24) is 4.90 Å². The minimum atomic E-state index is -0.875. The van der Waals surface area contributed by atoms with Gasteiger partial charge in [0.15, 0.2) is 17.6 Å². The van der Waals surface area contributed by atoms with Crippen LogP contribution in [-0.2, 0) is 14.3 Å². The van der Waals surface area contributed by atoms with Crippen molar-refractivity contribution in [3.63, 3.8) is 0 Å². The number of carbonyl (C=O) groups is 2. The van der Waals surface area contributed by atoms with Gasteiger partial charge in [-0.05, 0) is 65.3 Å². The minimum absolute atomic E-state index is 0.0163. The largest absolute Gasteiger partial charge is 0.491 e. The number of esters is 1. The molecule has 0 aliphatic rings. The standard InChI is InChI=1S/C21H30ClNO5/c1-8-27-18-12-16(11-17(22)20(18)26-7)9-10-19(24)28-15(6)21(25)23(13(2)3)14(4)5/h9-15H,8H2,1-7H3/b10-9+. The van der Waals surface area contributed by atoms with E-state index in [1.807, 2.05) is 34.6 Å². The molecular formula is C21H30ClNO5. The second-order valence-corrected chi connectivity index (χ2v) is 7.22. The third kappa shape index (κ3) is 6.44. The fourth-order valence-corrected chi connectivity index (χ4v) is 3.18. The van der Waals surface area contributed by atoms with E-state index >= 15 is 0 Å². The molecule has 0 radical (unpaired) electrons. The zero-order valence-electron chi connectivity index (χ0n) is 17.6. The fourth-order valence-electron chi connectivity index (χ4n) is 2.89. The molecule has 28 heavy (non-hydrogen) atoms. The van der Waals surface area contributed by atoms with Crippen molar-refractivity contribution in [3.8, 4) is 11.5 Å². The Morgan fingerprint density at radius 1 is 1.14 bits per heavy atom. The number of hydrogen-bond donors (Lipinski definition) is 0. The van der Waals surface area contributed by atoms with Crippen LogP contribution in [0, 0.1) is 0 Å². The van der Waals surface area contributed by atoms with Gasteiger partial charge >= 0.3 is 5.97 Å². The van der Waals surface area contributed by atoms with Crippen LogP contribution in [0.15, 0.2) is 18.2 Å². The Hall–Kier alpha value is -2.21. The van der Waals surface area contributed by atoms with Crippen LogP contribution < -0.4 is 9.47 Å². The topological polar surface area (TPSA) is 65.1 Å². The van der Waals surface area contributed by atoms with Crippen molar-refractivity contribution in [2.45, 2.75) is 59.7 Å². The van der Waals surface area contributed by atoms with Crippen LogP contribution in [0.1, 0.15) is 47.1 Å². The van der Waals surface area contributed by atoms with Crippen LogP contribution >= 0.6 is 11.6 Å². The zero-order valence-corrected chi connectivity index (χ0v) is 18.4. The van der Waals surface area contributed by atoms with Crippen LogP contribution in [0.25, 0.3) is 6.08 Å². The molecule has 0 heterocycles. The van der Waals surface area contributed by atoms with Gasteiger partial charge in [-0.3, -0.25) is 4.79 Å². The maximum atomic E-state index is 12.5. The Kier molecular flexibility index (Phi) is 9.32. The Labute approximate surface area is 172 Å². The van der Waals surface area contributed by atoms with E-state index in [4.69, 9.17) is 25.8 Å². The molecule has 1 aromatic rings. The lowest BCUT2D eigenvalue weighted by Crippen LogP contribution is -2.47. The number of amides is 1. The molecule has 0 spiro atoms. The highest BCUT2D eigenvalue weighted by atomic mass is 35.5. The number of nitrogens with zero attached hydrogens (tertiary/aromatic N) is 1. The van der Waals surface area contributed by atoms with Gasteiger partial charge in [0.25, 0.3) is 5.91 Å². The maximum absolute atomic E-state index is 12.5. The summed E-state index contributed by atoms with van der Waals surface area (Å²) in [6, 6.07) is 3.40. The molecule has 0 N–H and O–H groups in total. The number of halogens is 1. The highest BCUT2D eigenvalue weighted by Gasteiger charge is 2.27. The molecule has 0 fully saturated rings. The van der Waals surface area contributed by atoms with Crippen molar-refractivity contribution < 1.29 is 23.8 Å². The first-order chi connectivity index (χ1) is 13.1. The maximum Gasteiger partial charge on any atom is 0.331 e. The summed E-state index contributed by atoms with van der Waals surface area (Å²) < 4.78 is 16.0. The van der Waals surface area contributed by atoms with E-state index in [1.54, 1.807) is 30.0 Å². The lowest BCUT2D eigenvalue weighted by molar-refractivity contribution is -0.157. The van der Waals surface area contributed by atoms with Crippen LogP contribution in [0.2, 0.25) is 5.02 Å². The van der Waals surface area contributed by atoms with Gasteiger partial charge < -0.3 is 19.1 Å². The molecule has 0 bridgehead atoms. The Balaban J connectivity index is 2.87. The Morgan fingerprint density at radius 3 is 2.25 bits per heavy atom. The highest BCUT2D eigenvalue weighted by molar-refractivity contribution is 6.32. The molecule has 7 heteroatoms. The SMILES string of the molecule is CCOc1cc(/C=C/C(=O)OC(C)C(=O)N(C(C)C)C(C)C)cc(Cl)c1OC. The van der Waals surface area contributed by atoms with Crippen molar-refractivity contribution in [2.24, 2.45) is 0 Å². The average Bonchev–Trinajstić information content (AvgIpc) is 2.59. The molecule has 156 valence electrons. The summed E-state index contributed by atoms with van der Waals surface area (Å²) in [5, 5.41) is 0.370. The van der Waals surface area contributed by atoms with E-state index in [2.05, 4.69) is 0 Å². The van der Waals surface area contributed by atoms with Crippen LogP contribution in [0.5, 0.6) is 11.5 Å². The number of carbonyl (C=O) groups excluding carboxylic acids is 2. The molecular weight excluding hydrogens is 382 g/mol. The number of ether oxygens (including phenoxy) is 3. The summed E-state index contributed by atoms with van der Waals surface area (Å²) in [7, 11) is 1.51. The Morgan fingerprint density at radius 2 is 1.75 bits per heavy atom. The predicted octanol–water partition coefficient (Wildman–Crippen LogP) is 4.34. The highest BCUT2D eigenvalue weighted by Crippen LogP contribution is 2.36. The average molecular weight is 412 g/mol. The van der Waals surface area contributed by atoms with Gasteiger partial charge in [0.1, 0.15) is 0 Å². The monoisotopic (exact) mass is 411 g/mol. The van der Waals surface area contributed by atoms with E-state index in [0.717, 1.165) is 0 Å². The molecule has 0 saturated carbocycles. The second-order valence-electron chi connectivity index (χ2n) is 6.81. The van der Waals surface area contributed by atoms with E-state index in [-0.39, 0.29) is 18.0 Å². The van der Waals surface area contributed by atoms with Gasteiger partial charge in [0, 0.05) is 18.2 Å².